The van der Waals surface area contributed by atoms with E-state index in [1.54, 1.807) is 28.7 Å². The van der Waals surface area contributed by atoms with Crippen LogP contribution in [0.4, 0.5) is 5.69 Å². The predicted molar refractivity (Wildman–Crippen MR) is 506 cm³/mol. The number of hydrogen-bond donors (Lipinski definition) is 12. The van der Waals surface area contributed by atoms with Gasteiger partial charge in [-0.25, -0.2) is 4.79 Å². The molecule has 19 atom stereocenters. The molecule has 772 valence electrons. The molecule has 1 spiro atoms. The molecular weight excluding hydrogens is 1810 g/mol. The molecule has 0 aromatic heterocycles. The zero-order valence-corrected chi connectivity index (χ0v) is 83.7. The summed E-state index contributed by atoms with van der Waals surface area (Å²) in [5, 5.41) is 100. The maximum atomic E-state index is 15.6. The predicted octanol–water partition coefficient (Wildman–Crippen LogP) is 5.47. The van der Waals surface area contributed by atoms with Crippen molar-refractivity contribution >= 4 is 86.4 Å². The van der Waals surface area contributed by atoms with E-state index < -0.39 is 119 Å². The van der Waals surface area contributed by atoms with Crippen LogP contribution < -0.4 is 25.6 Å². The van der Waals surface area contributed by atoms with E-state index in [1.807, 2.05) is 90.1 Å². The number of anilines is 1. The zero-order chi connectivity index (χ0) is 101. The van der Waals surface area contributed by atoms with Crippen molar-refractivity contribution in [3.63, 3.8) is 0 Å². The molecule has 5 heterocycles. The second-order valence-corrected chi connectivity index (χ2v) is 37.7. The molecule has 2 saturated heterocycles. The molecular formula is C96H154N6O32S2. The van der Waals surface area contributed by atoms with Crippen LogP contribution in [0.1, 0.15) is 199 Å². The molecule has 0 radical (unpaired) electrons. The van der Waals surface area contributed by atoms with Crippen LogP contribution in [0.2, 0.25) is 0 Å². The Morgan fingerprint density at radius 1 is 0.610 bits per heavy atom. The van der Waals surface area contributed by atoms with Gasteiger partial charge >= 0.3 is 35.8 Å². The summed E-state index contributed by atoms with van der Waals surface area (Å²) in [4.78, 5) is 120. The van der Waals surface area contributed by atoms with Gasteiger partial charge in [0.25, 0.3) is 5.91 Å². The quantitative estimate of drug-likeness (QED) is 0.00975. The van der Waals surface area contributed by atoms with E-state index in [2.05, 4.69) is 43.9 Å². The molecule has 14 unspecified atom stereocenters. The van der Waals surface area contributed by atoms with E-state index in [0.717, 1.165) is 33.6 Å². The Labute approximate surface area is 808 Å². The first kappa shape index (κ1) is 117. The third kappa shape index (κ3) is 31.1. The maximum Gasteiger partial charge on any atom is 0.328 e. The first-order valence-electron chi connectivity index (χ1n) is 47.4. The standard InChI is InChI=1S/C62H87N5O15.C15H29NO6S2.C12H22O7.C7H16O4/c1-9-41(82-51(35-68)78-7)36-81-50(70)20-14-19-49(69)64-38(4)52(71)80-28-16-24-63-56(73)62(76)54-60(23-27-67-25-15-22-59(11-3,53(60)67)55(62)72)45-30-46(48(77-6)31-47(45)65(54)5)61(57(74)79-8)33-39-32-58(75,10-2)37-66(34-39)26-21-43-42-18-13-12-17-40(42)29-44(43)61;1-4-12(22-15(10-17)20-2)11-21-14(19)7-5-6-13(18)16-8-9-24-23-3;1-3-9(7-13)19-12(17-2)8-18-11(16)6-4-5-10(14)15;1-3-6(4-8)11-7(5-9)10-2/h12-13,15,17-18,22,30-31,38-39,41,51,53-55,68,72,75-76H,9-11,14,16,19-21,23-29,32-37H2,1-8H3,(H,63,73)(H,64,69);12,15,17H,4-11H2,1-3H3,(H,16,18);9,12-13H,3-8H2,1-2H3,(H,14,15);6-9H,3-5H2,1-2H3/t38-,39?,41?,51?,53?,54?,55-,58?,59-,60?,61-,62+;;;/m1.../s1. The molecule has 7 aliphatic rings. The molecule has 40 heteroatoms. The number of carboxylic acid groups (broad SMARTS) is 1. The van der Waals surface area contributed by atoms with Gasteiger partial charge in [0, 0.05) is 153 Å². The Hall–Kier alpha value is -7.27. The Bertz CT molecular complexity index is 4110. The van der Waals surface area contributed by atoms with Gasteiger partial charge in [0.1, 0.15) is 43.1 Å². The Morgan fingerprint density at radius 2 is 1.17 bits per heavy atom. The fourth-order valence-electron chi connectivity index (χ4n) is 19.4. The topological polar surface area (TPSA) is 511 Å². The van der Waals surface area contributed by atoms with Crippen molar-refractivity contribution in [3.05, 3.63) is 76.4 Å². The number of rotatable bonds is 55. The monoisotopic (exact) mass is 1970 g/mol. The van der Waals surface area contributed by atoms with Gasteiger partial charge < -0.3 is 133 Å². The summed E-state index contributed by atoms with van der Waals surface area (Å²) < 4.78 is 74.4. The van der Waals surface area contributed by atoms with Crippen molar-refractivity contribution < 1.29 is 155 Å². The number of carbonyl (C=O) groups excluding carboxylic acids is 8. The largest absolute Gasteiger partial charge is 0.496 e. The van der Waals surface area contributed by atoms with Gasteiger partial charge in [0.2, 0.25) is 11.8 Å². The van der Waals surface area contributed by atoms with Crippen LogP contribution in [0.15, 0.2) is 54.1 Å². The van der Waals surface area contributed by atoms with E-state index in [9.17, 15) is 54.0 Å². The van der Waals surface area contributed by atoms with Crippen molar-refractivity contribution in [1.29, 1.82) is 0 Å². The first-order valence-corrected chi connectivity index (χ1v) is 50.1. The lowest BCUT2D eigenvalue weighted by Crippen LogP contribution is -2.81. The lowest BCUT2D eigenvalue weighted by Gasteiger charge is -2.63. The van der Waals surface area contributed by atoms with Gasteiger partial charge in [-0.3, -0.25) is 48.2 Å². The molecule has 9 rings (SSSR count). The smallest absolute Gasteiger partial charge is 0.328 e. The number of benzene rings is 2. The van der Waals surface area contributed by atoms with Crippen molar-refractivity contribution in [1.82, 2.24) is 25.8 Å². The Kier molecular flexibility index (Phi) is 50.8. The third-order valence-corrected chi connectivity index (χ3v) is 28.3. The molecule has 2 aliphatic carbocycles. The Balaban J connectivity index is 0.000000424. The first-order chi connectivity index (χ1) is 65.2. The summed E-state index contributed by atoms with van der Waals surface area (Å²) in [6, 6.07) is 10.0. The van der Waals surface area contributed by atoms with Crippen molar-refractivity contribution in [2.45, 2.75) is 279 Å². The van der Waals surface area contributed by atoms with Gasteiger partial charge in [-0.1, -0.05) is 99.5 Å². The van der Waals surface area contributed by atoms with E-state index in [0.29, 0.717) is 140 Å². The number of aliphatic hydroxyl groups excluding tert-OH is 6. The number of aliphatic hydroxyl groups is 8. The number of nitrogens with one attached hydrogen (secondary N) is 3. The van der Waals surface area contributed by atoms with Crippen LogP contribution in [0, 0.1) is 11.3 Å². The number of piperidine rings is 1. The summed E-state index contributed by atoms with van der Waals surface area (Å²) in [6.07, 6.45) is 7.49. The zero-order valence-electron chi connectivity index (χ0n) is 82.1. The lowest BCUT2D eigenvalue weighted by molar-refractivity contribution is -0.203. The number of amides is 3. The van der Waals surface area contributed by atoms with Crippen LogP contribution in [0.25, 0.3) is 5.57 Å². The number of esters is 5. The van der Waals surface area contributed by atoms with Crippen LogP contribution in [0.5, 0.6) is 5.75 Å². The van der Waals surface area contributed by atoms with E-state index >= 15 is 9.59 Å². The number of aliphatic carboxylic acids is 1. The van der Waals surface area contributed by atoms with Crippen molar-refractivity contribution in [2.24, 2.45) is 11.3 Å². The highest BCUT2D eigenvalue weighted by Crippen LogP contribution is 2.68. The molecule has 3 fully saturated rings. The minimum atomic E-state index is -2.41. The molecule has 2 aromatic carbocycles. The number of carboxylic acids is 1. The number of fused-ring (bicyclic) bond motifs is 5. The molecule has 12 N–H and O–H groups in total. The SMILES string of the molecule is CCC(CO)OC(CO)OC.CCC(CO)OC(COC(=O)CCCC(=O)O)OC.CCC(COC(=O)CCCC(=O)NCCSSC)OC(CO)OC.CCC(COC(=O)CCCC(=O)N[C@H](C)C(=O)OCCCNC(=O)[C@]1(O)C2N(C)c3cc(OC)c([C@@]4(C(=O)OC)CC5CN(CCC6=C4Cc4ccccc46)CC(O)(CC)C5)cc3C23CCN2CC=C[C@](CC)(C23)[C@H]1O)OC(CO)OC. The van der Waals surface area contributed by atoms with Crippen LogP contribution in [-0.4, -0.2) is 361 Å². The summed E-state index contributed by atoms with van der Waals surface area (Å²) >= 11 is 0. The Morgan fingerprint density at radius 3 is 1.70 bits per heavy atom. The fraction of sp³-hybridized carbons (Fsp3) is 0.740. The number of methoxy groups -OCH3 is 6. The van der Waals surface area contributed by atoms with Crippen molar-refractivity contribution in [2.75, 3.05) is 172 Å². The summed E-state index contributed by atoms with van der Waals surface area (Å²) in [6.45, 7) is 15.6. The normalized spacial score (nSPS) is 24.7. The molecule has 3 amide bonds. The third-order valence-electron chi connectivity index (χ3n) is 26.4. The minimum absolute atomic E-state index is 0.0242. The van der Waals surface area contributed by atoms with E-state index in [-0.39, 0.29) is 160 Å². The van der Waals surface area contributed by atoms with Gasteiger partial charge in [-0.05, 0) is 156 Å². The fourth-order valence-corrected chi connectivity index (χ4v) is 20.5. The summed E-state index contributed by atoms with van der Waals surface area (Å²) in [7, 11) is 13.9. The molecule has 38 nitrogen and oxygen atoms in total. The second kappa shape index (κ2) is 58.8. The van der Waals surface area contributed by atoms with Crippen LogP contribution in [0.3, 0.4) is 0 Å². The highest BCUT2D eigenvalue weighted by Gasteiger charge is 2.79. The molecule has 136 heavy (non-hydrogen) atoms. The number of ether oxygens (including phenoxy) is 14. The number of likely N-dealkylation sites (N-methyl/N-ethyl adjacent to an activating group) is 1. The summed E-state index contributed by atoms with van der Waals surface area (Å²) in [5.74, 6) is -3.53. The minimum Gasteiger partial charge on any atom is -0.496 e. The average Bonchev–Trinajstić information content (AvgIpc) is 1.48. The average molecular weight is 1970 g/mol. The molecule has 2 bridgehead atoms. The second-order valence-electron chi connectivity index (χ2n) is 35.0. The molecule has 5 aliphatic heterocycles. The van der Waals surface area contributed by atoms with Gasteiger partial charge in [0.15, 0.2) is 30.8 Å². The highest BCUT2D eigenvalue weighted by molar-refractivity contribution is 8.76. The highest BCUT2D eigenvalue weighted by atomic mass is 33.1. The van der Waals surface area contributed by atoms with E-state index in [4.69, 9.17) is 91.8 Å². The van der Waals surface area contributed by atoms with Crippen LogP contribution >= 0.6 is 21.6 Å². The number of carbonyl (C=O) groups is 9. The van der Waals surface area contributed by atoms with Gasteiger partial charge in [-0.2, -0.15) is 0 Å². The maximum absolute atomic E-state index is 15.6. The van der Waals surface area contributed by atoms with Crippen molar-refractivity contribution in [3.8, 4) is 5.75 Å². The number of nitrogens with zero attached hydrogens (tertiary/aromatic N) is 3. The summed E-state index contributed by atoms with van der Waals surface area (Å²) in [5.41, 5.74) is -0.324. The van der Waals surface area contributed by atoms with Gasteiger partial charge in [0.05, 0.1) is 89.9 Å². The molecule has 1 saturated carbocycles. The van der Waals surface area contributed by atoms with Crippen LogP contribution in [-0.2, 0) is 122 Å². The van der Waals surface area contributed by atoms with Gasteiger partial charge in [-0.15, -0.1) is 0 Å². The number of hydrogen-bond acceptors (Lipinski definition) is 36. The van der Waals surface area contributed by atoms with E-state index in [1.165, 1.54) is 42.5 Å². The molecule has 2 aromatic rings. The lowest BCUT2D eigenvalue weighted by atomic mass is 9.47.